The molecule has 0 saturated heterocycles. The van der Waals surface area contributed by atoms with Crippen LogP contribution in [0, 0.1) is 11.6 Å². The summed E-state index contributed by atoms with van der Waals surface area (Å²) in [5.41, 5.74) is 0.628. The fraction of sp³-hybridized carbons (Fsp3) is 0.250. The van der Waals surface area contributed by atoms with Gasteiger partial charge < -0.3 is 9.47 Å². The van der Waals surface area contributed by atoms with Gasteiger partial charge in [0.2, 0.25) is 5.82 Å². The van der Waals surface area contributed by atoms with Crippen molar-refractivity contribution in [2.45, 2.75) is 33.1 Å². The molecule has 0 atom stereocenters. The van der Waals surface area contributed by atoms with E-state index in [1.54, 1.807) is 18.2 Å². The Morgan fingerprint density at radius 3 is 2.40 bits per heavy atom. The second kappa shape index (κ2) is 8.97. The van der Waals surface area contributed by atoms with Gasteiger partial charge in [-0.2, -0.15) is 4.39 Å². The quantitative estimate of drug-likeness (QED) is 0.380. The summed E-state index contributed by atoms with van der Waals surface area (Å²) in [5, 5.41) is 0. The van der Waals surface area contributed by atoms with Crippen LogP contribution in [0.15, 0.2) is 48.7 Å². The first-order chi connectivity index (χ1) is 12.1. The van der Waals surface area contributed by atoms with E-state index in [0.717, 1.165) is 24.5 Å². The molecule has 2 aromatic rings. The molecule has 0 saturated carbocycles. The second-order valence-corrected chi connectivity index (χ2v) is 5.42. The van der Waals surface area contributed by atoms with E-state index >= 15 is 0 Å². The minimum atomic E-state index is -1.30. The van der Waals surface area contributed by atoms with Gasteiger partial charge >= 0.3 is 5.97 Å². The second-order valence-electron chi connectivity index (χ2n) is 5.42. The van der Waals surface area contributed by atoms with Crippen LogP contribution in [0.25, 0.3) is 0 Å². The van der Waals surface area contributed by atoms with E-state index in [2.05, 4.69) is 6.92 Å². The summed E-state index contributed by atoms with van der Waals surface area (Å²) >= 11 is 0. The number of esters is 1. The number of aryl methyl sites for hydroxylation is 1. The highest BCUT2D eigenvalue weighted by Crippen LogP contribution is 2.24. The third-order valence-electron chi connectivity index (χ3n) is 3.47. The van der Waals surface area contributed by atoms with Gasteiger partial charge in [0.1, 0.15) is 5.75 Å². The Hall–Kier alpha value is -2.69. The molecule has 0 aliphatic rings. The Balaban J connectivity index is 2.13. The molecule has 0 aliphatic carbocycles. The maximum Gasteiger partial charge on any atom is 0.346 e. The van der Waals surface area contributed by atoms with Crippen molar-refractivity contribution in [2.75, 3.05) is 0 Å². The Morgan fingerprint density at radius 2 is 1.76 bits per heavy atom. The minimum absolute atomic E-state index is 0.274. The number of rotatable bonds is 7. The van der Waals surface area contributed by atoms with Crippen LogP contribution in [-0.2, 0) is 6.42 Å². The highest BCUT2D eigenvalue weighted by atomic mass is 19.2. The molecule has 132 valence electrons. The van der Waals surface area contributed by atoms with Crippen LogP contribution >= 0.6 is 0 Å². The van der Waals surface area contributed by atoms with Crippen molar-refractivity contribution in [1.82, 2.24) is 0 Å². The van der Waals surface area contributed by atoms with E-state index in [1.807, 2.05) is 19.1 Å². The van der Waals surface area contributed by atoms with E-state index in [1.165, 1.54) is 12.3 Å². The molecule has 0 aliphatic heterocycles. The largest absolute Gasteiger partial charge is 0.462 e. The molecule has 0 unspecified atom stereocenters. The van der Waals surface area contributed by atoms with Gasteiger partial charge in [-0.3, -0.25) is 0 Å². The fourth-order valence-electron chi connectivity index (χ4n) is 2.17. The van der Waals surface area contributed by atoms with Gasteiger partial charge in [0.05, 0.1) is 11.8 Å². The summed E-state index contributed by atoms with van der Waals surface area (Å²) in [7, 11) is 0. The number of carbonyl (C=O) groups is 1. The van der Waals surface area contributed by atoms with Crippen LogP contribution in [-0.4, -0.2) is 5.97 Å². The first kappa shape index (κ1) is 18.6. The maximum absolute atomic E-state index is 14.1. The first-order valence-corrected chi connectivity index (χ1v) is 8.17. The van der Waals surface area contributed by atoms with Gasteiger partial charge in [0, 0.05) is 0 Å². The van der Waals surface area contributed by atoms with Crippen LogP contribution in [0.4, 0.5) is 8.78 Å². The standard InChI is InChI=1S/C20H20F2O3/c1-3-5-13-24-17-12-11-16(18(21)19(17)22)20(23)25-15-9-7-14(6-4-2)8-10-15/h5,7-13H,3-4,6H2,1-2H3/b13-5+. The molecular formula is C20H20F2O3. The van der Waals surface area contributed by atoms with Gasteiger partial charge in [-0.1, -0.05) is 32.4 Å². The number of hydrogen-bond acceptors (Lipinski definition) is 3. The number of benzene rings is 2. The lowest BCUT2D eigenvalue weighted by atomic mass is 10.1. The molecule has 0 heterocycles. The lowest BCUT2D eigenvalue weighted by Crippen LogP contribution is -2.12. The maximum atomic E-state index is 14.1. The molecule has 25 heavy (non-hydrogen) atoms. The molecule has 3 nitrogen and oxygen atoms in total. The smallest absolute Gasteiger partial charge is 0.346 e. The van der Waals surface area contributed by atoms with E-state index in [4.69, 9.17) is 9.47 Å². The molecular weight excluding hydrogens is 326 g/mol. The number of halogens is 2. The van der Waals surface area contributed by atoms with E-state index in [0.29, 0.717) is 6.42 Å². The molecule has 0 radical (unpaired) electrons. The van der Waals surface area contributed by atoms with Crippen molar-refractivity contribution in [3.63, 3.8) is 0 Å². The molecule has 5 heteroatoms. The topological polar surface area (TPSA) is 35.5 Å². The van der Waals surface area contributed by atoms with E-state index < -0.39 is 23.2 Å². The monoisotopic (exact) mass is 346 g/mol. The van der Waals surface area contributed by atoms with E-state index in [-0.39, 0.29) is 11.5 Å². The molecule has 0 aromatic heterocycles. The van der Waals surface area contributed by atoms with Gasteiger partial charge in [-0.15, -0.1) is 0 Å². The Bertz CT molecular complexity index is 752. The van der Waals surface area contributed by atoms with Crippen LogP contribution in [0.3, 0.4) is 0 Å². The van der Waals surface area contributed by atoms with Crippen molar-refractivity contribution in [1.29, 1.82) is 0 Å². The zero-order valence-electron chi connectivity index (χ0n) is 14.2. The molecule has 2 aromatic carbocycles. The van der Waals surface area contributed by atoms with Crippen molar-refractivity contribution in [2.24, 2.45) is 0 Å². The molecule has 0 bridgehead atoms. The average Bonchev–Trinajstić information content (AvgIpc) is 2.61. The van der Waals surface area contributed by atoms with Crippen molar-refractivity contribution in [3.8, 4) is 11.5 Å². The fourth-order valence-corrected chi connectivity index (χ4v) is 2.17. The lowest BCUT2D eigenvalue weighted by molar-refractivity contribution is 0.0728. The predicted molar refractivity (Wildman–Crippen MR) is 91.8 cm³/mol. The summed E-state index contributed by atoms with van der Waals surface area (Å²) in [6.45, 7) is 3.95. The van der Waals surface area contributed by atoms with Gasteiger partial charge in [-0.25, -0.2) is 9.18 Å². The SMILES string of the molecule is CC/C=C/Oc1ccc(C(=O)Oc2ccc(CCC)cc2)c(F)c1F. The summed E-state index contributed by atoms with van der Waals surface area (Å²) in [6.07, 6.45) is 5.55. The third-order valence-corrected chi connectivity index (χ3v) is 3.47. The van der Waals surface area contributed by atoms with Crippen molar-refractivity contribution in [3.05, 3.63) is 71.5 Å². The summed E-state index contributed by atoms with van der Waals surface area (Å²) in [5.74, 6) is -3.50. The summed E-state index contributed by atoms with van der Waals surface area (Å²) in [6, 6.07) is 9.26. The van der Waals surface area contributed by atoms with Crippen LogP contribution in [0.2, 0.25) is 0 Å². The Labute approximate surface area is 145 Å². The Kier molecular flexibility index (Phi) is 6.69. The molecule has 0 N–H and O–H groups in total. The Morgan fingerprint density at radius 1 is 1.04 bits per heavy atom. The zero-order chi connectivity index (χ0) is 18.2. The average molecular weight is 346 g/mol. The molecule has 0 fully saturated rings. The lowest BCUT2D eigenvalue weighted by Gasteiger charge is -2.08. The van der Waals surface area contributed by atoms with Gasteiger partial charge in [0.15, 0.2) is 11.6 Å². The highest BCUT2D eigenvalue weighted by Gasteiger charge is 2.21. The summed E-state index contributed by atoms with van der Waals surface area (Å²) < 4.78 is 38.2. The number of hydrogen-bond donors (Lipinski definition) is 0. The molecule has 0 spiro atoms. The van der Waals surface area contributed by atoms with Crippen molar-refractivity contribution < 1.29 is 23.0 Å². The van der Waals surface area contributed by atoms with E-state index in [9.17, 15) is 13.6 Å². The number of ether oxygens (including phenoxy) is 2. The molecule has 0 amide bonds. The van der Waals surface area contributed by atoms with Crippen LogP contribution < -0.4 is 9.47 Å². The number of carbonyl (C=O) groups excluding carboxylic acids is 1. The summed E-state index contributed by atoms with van der Waals surface area (Å²) in [4.78, 5) is 12.1. The number of allylic oxidation sites excluding steroid dienone is 1. The zero-order valence-corrected chi connectivity index (χ0v) is 14.2. The van der Waals surface area contributed by atoms with Crippen LogP contribution in [0.1, 0.15) is 42.6 Å². The normalized spacial score (nSPS) is 10.9. The van der Waals surface area contributed by atoms with Gasteiger partial charge in [0.25, 0.3) is 0 Å². The third kappa shape index (κ3) is 4.89. The molecule has 2 rings (SSSR count). The van der Waals surface area contributed by atoms with Gasteiger partial charge in [-0.05, 0) is 48.7 Å². The minimum Gasteiger partial charge on any atom is -0.462 e. The highest BCUT2D eigenvalue weighted by molar-refractivity contribution is 5.91. The van der Waals surface area contributed by atoms with Crippen molar-refractivity contribution >= 4 is 5.97 Å². The van der Waals surface area contributed by atoms with Crippen LogP contribution in [0.5, 0.6) is 11.5 Å². The first-order valence-electron chi connectivity index (χ1n) is 8.17. The predicted octanol–water partition coefficient (Wildman–Crippen LogP) is 5.44.